The Hall–Kier alpha value is -0.0900. The van der Waals surface area contributed by atoms with Crippen molar-refractivity contribution in [2.45, 2.75) is 44.8 Å². The topological polar surface area (TPSA) is 21.3 Å². The number of halogens is 1. The fourth-order valence-corrected chi connectivity index (χ4v) is 2.81. The SMILES string of the molecule is CC(NOC1CCCC1)c1csc(Cl)c1. The summed E-state index contributed by atoms with van der Waals surface area (Å²) in [6.07, 6.45) is 5.37. The molecule has 0 saturated heterocycles. The van der Waals surface area contributed by atoms with E-state index in [4.69, 9.17) is 16.4 Å². The van der Waals surface area contributed by atoms with Gasteiger partial charge in [0.2, 0.25) is 0 Å². The molecule has 1 saturated carbocycles. The van der Waals surface area contributed by atoms with Gasteiger partial charge in [-0.3, -0.25) is 4.84 Å². The molecule has 0 bridgehead atoms. The maximum absolute atomic E-state index is 5.88. The number of hydrogen-bond donors (Lipinski definition) is 1. The molecule has 1 fully saturated rings. The lowest BCUT2D eigenvalue weighted by molar-refractivity contribution is -0.0376. The number of hydroxylamine groups is 1. The van der Waals surface area contributed by atoms with Crippen LogP contribution in [0, 0.1) is 0 Å². The van der Waals surface area contributed by atoms with Crippen LogP contribution in [0.25, 0.3) is 0 Å². The largest absolute Gasteiger partial charge is 0.298 e. The van der Waals surface area contributed by atoms with Gasteiger partial charge in [0, 0.05) is 0 Å². The molecule has 15 heavy (non-hydrogen) atoms. The van der Waals surface area contributed by atoms with Crippen molar-refractivity contribution in [3.8, 4) is 0 Å². The molecule has 0 spiro atoms. The summed E-state index contributed by atoms with van der Waals surface area (Å²) in [5, 5.41) is 2.07. The first kappa shape index (κ1) is 11.4. The quantitative estimate of drug-likeness (QED) is 0.812. The van der Waals surface area contributed by atoms with Crippen LogP contribution in [0.2, 0.25) is 4.34 Å². The van der Waals surface area contributed by atoms with E-state index in [1.807, 2.05) is 6.07 Å². The first-order chi connectivity index (χ1) is 7.25. The predicted molar refractivity (Wildman–Crippen MR) is 64.2 cm³/mol. The van der Waals surface area contributed by atoms with Crippen LogP contribution in [0.1, 0.15) is 44.2 Å². The first-order valence-electron chi connectivity index (χ1n) is 5.41. The average Bonchev–Trinajstić information content (AvgIpc) is 2.84. The summed E-state index contributed by atoms with van der Waals surface area (Å²) in [5.41, 5.74) is 4.30. The standard InChI is InChI=1S/C11H16ClNOS/c1-8(9-6-11(12)15-7-9)13-14-10-4-2-3-5-10/h6-8,10,13H,2-5H2,1H3. The van der Waals surface area contributed by atoms with Crippen LogP contribution in [-0.4, -0.2) is 6.10 Å². The molecule has 0 aromatic carbocycles. The van der Waals surface area contributed by atoms with Crippen molar-refractivity contribution in [1.29, 1.82) is 0 Å². The van der Waals surface area contributed by atoms with Crippen LogP contribution in [0.15, 0.2) is 11.4 Å². The van der Waals surface area contributed by atoms with Gasteiger partial charge in [-0.15, -0.1) is 11.3 Å². The van der Waals surface area contributed by atoms with E-state index in [0.29, 0.717) is 6.10 Å². The highest BCUT2D eigenvalue weighted by Gasteiger charge is 2.17. The van der Waals surface area contributed by atoms with E-state index in [0.717, 1.165) is 4.34 Å². The normalized spacial score (nSPS) is 19.6. The van der Waals surface area contributed by atoms with E-state index in [9.17, 15) is 0 Å². The third kappa shape index (κ3) is 3.18. The van der Waals surface area contributed by atoms with Gasteiger partial charge in [-0.25, -0.2) is 0 Å². The van der Waals surface area contributed by atoms with E-state index >= 15 is 0 Å². The molecular weight excluding hydrogens is 230 g/mol. The maximum Gasteiger partial charge on any atom is 0.0931 e. The van der Waals surface area contributed by atoms with Gasteiger partial charge in [-0.1, -0.05) is 24.4 Å². The highest BCUT2D eigenvalue weighted by molar-refractivity contribution is 7.14. The van der Waals surface area contributed by atoms with Gasteiger partial charge < -0.3 is 0 Å². The van der Waals surface area contributed by atoms with Gasteiger partial charge in [-0.05, 0) is 36.8 Å². The fraction of sp³-hybridized carbons (Fsp3) is 0.636. The Labute approximate surface area is 99.5 Å². The Morgan fingerprint density at radius 1 is 1.53 bits per heavy atom. The number of thiophene rings is 1. The van der Waals surface area contributed by atoms with Crippen molar-refractivity contribution in [3.63, 3.8) is 0 Å². The van der Waals surface area contributed by atoms with Crippen molar-refractivity contribution in [2.75, 3.05) is 0 Å². The number of nitrogens with one attached hydrogen (secondary N) is 1. The van der Waals surface area contributed by atoms with Gasteiger partial charge in [0.15, 0.2) is 0 Å². The Kier molecular flexibility index (Phi) is 4.03. The molecule has 1 unspecified atom stereocenters. The Morgan fingerprint density at radius 2 is 2.27 bits per heavy atom. The highest BCUT2D eigenvalue weighted by atomic mass is 35.5. The van der Waals surface area contributed by atoms with Gasteiger partial charge in [-0.2, -0.15) is 5.48 Å². The van der Waals surface area contributed by atoms with Crippen molar-refractivity contribution >= 4 is 22.9 Å². The molecule has 84 valence electrons. The van der Waals surface area contributed by atoms with Gasteiger partial charge in [0.1, 0.15) is 0 Å². The predicted octanol–water partition coefficient (Wildman–Crippen LogP) is 3.93. The average molecular weight is 246 g/mol. The second kappa shape index (κ2) is 5.30. The van der Waals surface area contributed by atoms with Crippen LogP contribution in [0.3, 0.4) is 0 Å². The molecular formula is C11H16ClNOS. The minimum atomic E-state index is 0.217. The number of hydrogen-bond acceptors (Lipinski definition) is 3. The van der Waals surface area contributed by atoms with Crippen LogP contribution < -0.4 is 5.48 Å². The second-order valence-corrected chi connectivity index (χ2v) is 5.59. The number of rotatable bonds is 4. The second-order valence-electron chi connectivity index (χ2n) is 4.05. The summed E-state index contributed by atoms with van der Waals surface area (Å²) >= 11 is 7.44. The molecule has 1 atom stereocenters. The van der Waals surface area contributed by atoms with Crippen molar-refractivity contribution < 1.29 is 4.84 Å². The maximum atomic E-state index is 5.88. The van der Waals surface area contributed by atoms with Crippen LogP contribution in [-0.2, 0) is 4.84 Å². The third-order valence-electron chi connectivity index (χ3n) is 2.80. The molecule has 2 nitrogen and oxygen atoms in total. The lowest BCUT2D eigenvalue weighted by Crippen LogP contribution is -2.24. The van der Waals surface area contributed by atoms with E-state index in [1.54, 1.807) is 11.3 Å². The molecule has 1 aromatic heterocycles. The fourth-order valence-electron chi connectivity index (χ4n) is 1.82. The zero-order chi connectivity index (χ0) is 10.7. The molecule has 2 rings (SSSR count). The van der Waals surface area contributed by atoms with Crippen molar-refractivity contribution in [2.24, 2.45) is 0 Å². The lowest BCUT2D eigenvalue weighted by atomic mass is 10.2. The third-order valence-corrected chi connectivity index (χ3v) is 3.91. The van der Waals surface area contributed by atoms with Gasteiger partial charge in [0.05, 0.1) is 16.5 Å². The molecule has 1 N–H and O–H groups in total. The van der Waals surface area contributed by atoms with E-state index < -0.39 is 0 Å². The van der Waals surface area contributed by atoms with Crippen LogP contribution >= 0.6 is 22.9 Å². The summed E-state index contributed by atoms with van der Waals surface area (Å²) in [4.78, 5) is 5.64. The van der Waals surface area contributed by atoms with E-state index in [2.05, 4.69) is 17.8 Å². The molecule has 1 heterocycles. The molecule has 4 heteroatoms. The summed E-state index contributed by atoms with van der Waals surface area (Å²) in [6.45, 7) is 2.09. The smallest absolute Gasteiger partial charge is 0.0931 e. The summed E-state index contributed by atoms with van der Waals surface area (Å²) in [7, 11) is 0. The highest BCUT2D eigenvalue weighted by Crippen LogP contribution is 2.26. The van der Waals surface area contributed by atoms with E-state index in [-0.39, 0.29) is 6.04 Å². The first-order valence-corrected chi connectivity index (χ1v) is 6.66. The Morgan fingerprint density at radius 3 is 2.87 bits per heavy atom. The summed E-state index contributed by atoms with van der Waals surface area (Å²) < 4.78 is 0.833. The van der Waals surface area contributed by atoms with Crippen LogP contribution in [0.4, 0.5) is 0 Å². The van der Waals surface area contributed by atoms with Crippen LogP contribution in [0.5, 0.6) is 0 Å². The molecule has 0 amide bonds. The van der Waals surface area contributed by atoms with Gasteiger partial charge >= 0.3 is 0 Å². The summed E-state index contributed by atoms with van der Waals surface area (Å²) in [6, 6.07) is 2.20. The lowest BCUT2D eigenvalue weighted by Gasteiger charge is -2.16. The Balaban J connectivity index is 1.79. The van der Waals surface area contributed by atoms with Gasteiger partial charge in [0.25, 0.3) is 0 Å². The van der Waals surface area contributed by atoms with Crippen molar-refractivity contribution in [1.82, 2.24) is 5.48 Å². The minimum absolute atomic E-state index is 0.217. The molecule has 1 aromatic rings. The minimum Gasteiger partial charge on any atom is -0.298 e. The zero-order valence-electron chi connectivity index (χ0n) is 8.83. The molecule has 0 aliphatic heterocycles. The molecule has 1 aliphatic rings. The van der Waals surface area contributed by atoms with E-state index in [1.165, 1.54) is 31.2 Å². The molecule has 1 aliphatic carbocycles. The molecule has 0 radical (unpaired) electrons. The summed E-state index contributed by atoms with van der Waals surface area (Å²) in [5.74, 6) is 0. The Bertz CT molecular complexity index is 309. The zero-order valence-corrected chi connectivity index (χ0v) is 10.4. The van der Waals surface area contributed by atoms with Crippen molar-refractivity contribution in [3.05, 3.63) is 21.3 Å². The monoisotopic (exact) mass is 245 g/mol.